The third-order valence-electron chi connectivity index (χ3n) is 2.01. The Kier molecular flexibility index (Phi) is 2.33. The van der Waals surface area contributed by atoms with Gasteiger partial charge in [0.05, 0.1) is 10.6 Å². The second kappa shape index (κ2) is 3.50. The molecule has 0 atom stereocenters. The fourth-order valence-corrected chi connectivity index (χ4v) is 2.11. The van der Waals surface area contributed by atoms with E-state index in [1.807, 2.05) is 13.0 Å². The Morgan fingerprint density at radius 1 is 1.50 bits per heavy atom. The summed E-state index contributed by atoms with van der Waals surface area (Å²) in [5.74, 6) is 0.867. The molecule has 1 aromatic rings. The predicted octanol–water partition coefficient (Wildman–Crippen LogP) is 3.21. The number of hydrogen-bond acceptors (Lipinski definition) is 3. The van der Waals surface area contributed by atoms with E-state index in [4.69, 9.17) is 0 Å². The van der Waals surface area contributed by atoms with Crippen LogP contribution >= 0.6 is 11.9 Å². The molecule has 0 aliphatic carbocycles. The predicted molar refractivity (Wildman–Crippen MR) is 62.1 cm³/mol. The summed E-state index contributed by atoms with van der Waals surface area (Å²) < 4.78 is 3.17. The molecule has 1 N–H and O–H groups in total. The molecule has 1 aliphatic rings. The molecule has 14 heavy (non-hydrogen) atoms. The van der Waals surface area contributed by atoms with E-state index in [2.05, 4.69) is 35.3 Å². The van der Waals surface area contributed by atoms with E-state index in [9.17, 15) is 0 Å². The van der Waals surface area contributed by atoms with Crippen molar-refractivity contribution in [1.82, 2.24) is 4.72 Å². The molecule has 0 saturated carbocycles. The van der Waals surface area contributed by atoms with Crippen LogP contribution in [-0.4, -0.2) is 5.84 Å². The summed E-state index contributed by atoms with van der Waals surface area (Å²) in [4.78, 5) is 5.65. The van der Waals surface area contributed by atoms with Crippen LogP contribution in [0.3, 0.4) is 0 Å². The monoisotopic (exact) mass is 204 g/mol. The maximum atomic E-state index is 4.47. The Morgan fingerprint density at radius 3 is 3.00 bits per heavy atom. The molecule has 0 unspecified atom stereocenters. The van der Waals surface area contributed by atoms with Gasteiger partial charge in [-0.3, -0.25) is 0 Å². The molecule has 3 heteroatoms. The summed E-state index contributed by atoms with van der Waals surface area (Å²) in [6, 6.07) is 6.25. The van der Waals surface area contributed by atoms with Crippen LogP contribution in [0.1, 0.15) is 12.5 Å². The maximum Gasteiger partial charge on any atom is 0.139 e. The zero-order chi connectivity index (χ0) is 10.1. The standard InChI is InChI=1S/C11H12N2S/c1-7(2)11-12-9-5-4-8(3)6-10(9)14-13-11/h4-6H,1H2,2-3H3,(H,12,13). The number of rotatable bonds is 1. The lowest BCUT2D eigenvalue weighted by molar-refractivity contribution is 1.25. The van der Waals surface area contributed by atoms with Crippen molar-refractivity contribution in [2.45, 2.75) is 18.7 Å². The van der Waals surface area contributed by atoms with Crippen LogP contribution in [-0.2, 0) is 0 Å². The third-order valence-corrected chi connectivity index (χ3v) is 2.85. The van der Waals surface area contributed by atoms with Gasteiger partial charge in [-0.2, -0.15) is 0 Å². The van der Waals surface area contributed by atoms with E-state index in [0.717, 1.165) is 17.1 Å². The van der Waals surface area contributed by atoms with Crippen molar-refractivity contribution in [3.8, 4) is 0 Å². The summed E-state index contributed by atoms with van der Waals surface area (Å²) in [5.41, 5.74) is 3.24. The van der Waals surface area contributed by atoms with E-state index in [-0.39, 0.29) is 0 Å². The van der Waals surface area contributed by atoms with Crippen molar-refractivity contribution in [2.24, 2.45) is 4.99 Å². The molecular weight excluding hydrogens is 192 g/mol. The lowest BCUT2D eigenvalue weighted by Gasteiger charge is -2.16. The number of aryl methyl sites for hydroxylation is 1. The zero-order valence-electron chi connectivity index (χ0n) is 8.29. The van der Waals surface area contributed by atoms with Gasteiger partial charge in [0.25, 0.3) is 0 Å². The fourth-order valence-electron chi connectivity index (χ4n) is 1.22. The van der Waals surface area contributed by atoms with Crippen molar-refractivity contribution >= 4 is 23.5 Å². The van der Waals surface area contributed by atoms with Crippen LogP contribution in [0.2, 0.25) is 0 Å². The average molecular weight is 204 g/mol. The smallest absolute Gasteiger partial charge is 0.139 e. The van der Waals surface area contributed by atoms with E-state index in [0.29, 0.717) is 0 Å². The topological polar surface area (TPSA) is 24.4 Å². The minimum absolute atomic E-state index is 0.867. The van der Waals surface area contributed by atoms with Gasteiger partial charge in [-0.05, 0) is 49.1 Å². The second-order valence-electron chi connectivity index (χ2n) is 3.42. The number of hydrogen-bond donors (Lipinski definition) is 1. The Morgan fingerprint density at radius 2 is 2.29 bits per heavy atom. The fraction of sp³-hybridized carbons (Fsp3) is 0.182. The van der Waals surface area contributed by atoms with Crippen LogP contribution in [0.5, 0.6) is 0 Å². The lowest BCUT2D eigenvalue weighted by Crippen LogP contribution is -2.18. The van der Waals surface area contributed by atoms with Gasteiger partial charge in [-0.15, -0.1) is 0 Å². The second-order valence-corrected chi connectivity index (χ2v) is 4.26. The molecule has 2 nitrogen and oxygen atoms in total. The van der Waals surface area contributed by atoms with Gasteiger partial charge in [-0.1, -0.05) is 12.6 Å². The summed E-state index contributed by atoms with van der Waals surface area (Å²) in [5, 5.41) is 0. The van der Waals surface area contributed by atoms with E-state index in [1.165, 1.54) is 10.5 Å². The van der Waals surface area contributed by atoms with Crippen molar-refractivity contribution < 1.29 is 0 Å². The molecule has 0 radical (unpaired) electrons. The summed E-state index contributed by atoms with van der Waals surface area (Å²) in [6.45, 7) is 7.89. The maximum absolute atomic E-state index is 4.47. The number of fused-ring (bicyclic) bond motifs is 1. The van der Waals surface area contributed by atoms with Crippen molar-refractivity contribution in [2.75, 3.05) is 0 Å². The average Bonchev–Trinajstić information content (AvgIpc) is 2.16. The third kappa shape index (κ3) is 1.68. The number of aliphatic imine (C=N–C) groups is 1. The molecule has 72 valence electrons. The van der Waals surface area contributed by atoms with E-state index < -0.39 is 0 Å². The number of benzene rings is 1. The lowest BCUT2D eigenvalue weighted by atomic mass is 10.2. The Hall–Kier alpha value is -1.22. The van der Waals surface area contributed by atoms with Crippen LogP contribution in [0.4, 0.5) is 5.69 Å². The molecule has 2 rings (SSSR count). The largest absolute Gasteiger partial charge is 0.310 e. The van der Waals surface area contributed by atoms with Gasteiger partial charge in [-0.25, -0.2) is 4.99 Å². The van der Waals surface area contributed by atoms with Crippen LogP contribution in [0, 0.1) is 6.92 Å². The SMILES string of the molecule is C=C(C)C1=Nc2ccc(C)cc2SN1. The molecule has 0 fully saturated rings. The van der Waals surface area contributed by atoms with E-state index >= 15 is 0 Å². The molecule has 0 saturated heterocycles. The van der Waals surface area contributed by atoms with Crippen molar-refractivity contribution in [3.63, 3.8) is 0 Å². The highest BCUT2D eigenvalue weighted by Crippen LogP contribution is 2.32. The van der Waals surface area contributed by atoms with E-state index in [1.54, 1.807) is 11.9 Å². The minimum atomic E-state index is 0.867. The molecule has 0 spiro atoms. The minimum Gasteiger partial charge on any atom is -0.310 e. The van der Waals surface area contributed by atoms with Gasteiger partial charge in [0, 0.05) is 0 Å². The van der Waals surface area contributed by atoms with Crippen LogP contribution in [0.25, 0.3) is 0 Å². The van der Waals surface area contributed by atoms with Gasteiger partial charge < -0.3 is 4.72 Å². The Bertz CT molecular complexity index is 421. The molecule has 0 aromatic heterocycles. The normalized spacial score (nSPS) is 14.0. The molecule has 0 bridgehead atoms. The first-order chi connectivity index (χ1) is 6.66. The Balaban J connectivity index is 2.45. The highest BCUT2D eigenvalue weighted by Gasteiger charge is 2.11. The zero-order valence-corrected chi connectivity index (χ0v) is 9.11. The van der Waals surface area contributed by atoms with Gasteiger partial charge in [0.2, 0.25) is 0 Å². The summed E-state index contributed by atoms with van der Waals surface area (Å²) >= 11 is 1.60. The molecule has 1 aliphatic heterocycles. The number of nitrogens with zero attached hydrogens (tertiary/aromatic N) is 1. The van der Waals surface area contributed by atoms with Crippen LogP contribution < -0.4 is 4.72 Å². The van der Waals surface area contributed by atoms with Crippen molar-refractivity contribution in [1.29, 1.82) is 0 Å². The highest BCUT2D eigenvalue weighted by molar-refractivity contribution is 7.98. The molecular formula is C11H12N2S. The van der Waals surface area contributed by atoms with Gasteiger partial charge in [0.1, 0.15) is 5.84 Å². The molecule has 1 heterocycles. The number of amidine groups is 1. The first-order valence-electron chi connectivity index (χ1n) is 4.45. The Labute approximate surface area is 88.3 Å². The number of nitrogens with one attached hydrogen (secondary N) is 1. The van der Waals surface area contributed by atoms with Gasteiger partial charge >= 0.3 is 0 Å². The highest BCUT2D eigenvalue weighted by atomic mass is 32.2. The summed E-state index contributed by atoms with van der Waals surface area (Å²) in [6.07, 6.45) is 0. The first-order valence-corrected chi connectivity index (χ1v) is 5.26. The quantitative estimate of drug-likeness (QED) is 0.710. The molecule has 0 amide bonds. The van der Waals surface area contributed by atoms with Crippen molar-refractivity contribution in [3.05, 3.63) is 35.9 Å². The van der Waals surface area contributed by atoms with Crippen LogP contribution in [0.15, 0.2) is 40.2 Å². The molecule has 1 aromatic carbocycles. The summed E-state index contributed by atoms with van der Waals surface area (Å²) in [7, 11) is 0. The first kappa shape index (κ1) is 9.34. The van der Waals surface area contributed by atoms with Gasteiger partial charge in [0.15, 0.2) is 0 Å².